The van der Waals surface area contributed by atoms with Gasteiger partial charge in [-0.1, -0.05) is 6.07 Å². The molecule has 2 aromatic carbocycles. The molecule has 150 valence electrons. The van der Waals surface area contributed by atoms with Crippen LogP contribution in [0.1, 0.15) is 21.7 Å². The zero-order valence-electron chi connectivity index (χ0n) is 16.0. The Kier molecular flexibility index (Phi) is 4.96. The van der Waals surface area contributed by atoms with Crippen molar-refractivity contribution in [3.05, 3.63) is 71.0 Å². The van der Waals surface area contributed by atoms with E-state index in [1.165, 1.54) is 18.2 Å². The minimum Gasteiger partial charge on any atom is -0.493 e. The van der Waals surface area contributed by atoms with Gasteiger partial charge in [0.25, 0.3) is 5.91 Å². The number of halogens is 2. The summed E-state index contributed by atoms with van der Waals surface area (Å²) in [4.78, 5) is 14.5. The molecule has 0 bridgehead atoms. The maximum atomic E-state index is 14.0. The van der Waals surface area contributed by atoms with Gasteiger partial charge < -0.3 is 18.8 Å². The summed E-state index contributed by atoms with van der Waals surface area (Å²) in [7, 11) is 3.14. The van der Waals surface area contributed by atoms with Gasteiger partial charge in [-0.15, -0.1) is 0 Å². The van der Waals surface area contributed by atoms with Gasteiger partial charge in [-0.05, 0) is 53.9 Å². The summed E-state index contributed by atoms with van der Waals surface area (Å²) in [5, 5.41) is 0. The Morgan fingerprint density at radius 1 is 1.00 bits per heavy atom. The number of amides is 1. The molecule has 0 atom stereocenters. The molecule has 0 N–H and O–H groups in total. The molecule has 1 amide bonds. The number of benzene rings is 2. The SMILES string of the molecule is COc1cc2c(cc1OC)CN(C(=O)c1ccc(-c3c(F)cccc3F)o1)CC2. The Hall–Kier alpha value is -3.35. The lowest BCUT2D eigenvalue weighted by Gasteiger charge is -2.29. The molecule has 4 rings (SSSR count). The summed E-state index contributed by atoms with van der Waals surface area (Å²) >= 11 is 0. The number of ether oxygens (including phenoxy) is 2. The molecular formula is C22H19F2NO4. The van der Waals surface area contributed by atoms with E-state index in [4.69, 9.17) is 13.9 Å². The highest BCUT2D eigenvalue weighted by atomic mass is 19.1. The van der Waals surface area contributed by atoms with E-state index < -0.39 is 11.6 Å². The van der Waals surface area contributed by atoms with Crippen molar-refractivity contribution in [2.24, 2.45) is 0 Å². The molecule has 1 aromatic heterocycles. The van der Waals surface area contributed by atoms with E-state index in [2.05, 4.69) is 0 Å². The third-order valence-electron chi connectivity index (χ3n) is 5.03. The summed E-state index contributed by atoms with van der Waals surface area (Å²) in [6.07, 6.45) is 0.650. The first-order valence-electron chi connectivity index (χ1n) is 9.09. The molecule has 0 saturated heterocycles. The van der Waals surface area contributed by atoms with E-state index in [1.54, 1.807) is 19.1 Å². The largest absolute Gasteiger partial charge is 0.493 e. The van der Waals surface area contributed by atoms with E-state index in [-0.39, 0.29) is 23.0 Å². The van der Waals surface area contributed by atoms with Crippen LogP contribution in [0.5, 0.6) is 11.5 Å². The van der Waals surface area contributed by atoms with Crippen LogP contribution in [0.2, 0.25) is 0 Å². The second-order valence-corrected chi connectivity index (χ2v) is 6.71. The Morgan fingerprint density at radius 2 is 1.66 bits per heavy atom. The van der Waals surface area contributed by atoms with Gasteiger partial charge in [-0.2, -0.15) is 0 Å². The molecule has 1 aliphatic rings. The van der Waals surface area contributed by atoms with Crippen LogP contribution in [0.4, 0.5) is 8.78 Å². The molecule has 0 fully saturated rings. The van der Waals surface area contributed by atoms with Gasteiger partial charge in [-0.25, -0.2) is 8.78 Å². The summed E-state index contributed by atoms with van der Waals surface area (Å²) < 4.78 is 44.1. The summed E-state index contributed by atoms with van der Waals surface area (Å²) in [6.45, 7) is 0.865. The van der Waals surface area contributed by atoms with Crippen LogP contribution in [-0.2, 0) is 13.0 Å². The molecule has 5 nitrogen and oxygen atoms in total. The number of carbonyl (C=O) groups is 1. The molecule has 0 saturated carbocycles. The van der Waals surface area contributed by atoms with Crippen LogP contribution in [0, 0.1) is 11.6 Å². The van der Waals surface area contributed by atoms with Gasteiger partial charge in [0.2, 0.25) is 0 Å². The fourth-order valence-electron chi connectivity index (χ4n) is 3.53. The number of carbonyl (C=O) groups excluding carboxylic acids is 1. The zero-order chi connectivity index (χ0) is 20.5. The Bertz CT molecular complexity index is 1060. The van der Waals surface area contributed by atoms with Crippen molar-refractivity contribution in [2.75, 3.05) is 20.8 Å². The maximum Gasteiger partial charge on any atom is 0.289 e. The van der Waals surface area contributed by atoms with Gasteiger partial charge >= 0.3 is 0 Å². The number of rotatable bonds is 4. The normalized spacial score (nSPS) is 13.2. The molecular weight excluding hydrogens is 380 g/mol. The monoisotopic (exact) mass is 399 g/mol. The lowest BCUT2D eigenvalue weighted by atomic mass is 9.98. The van der Waals surface area contributed by atoms with Crippen molar-refractivity contribution in [2.45, 2.75) is 13.0 Å². The van der Waals surface area contributed by atoms with E-state index in [0.717, 1.165) is 23.3 Å². The highest BCUT2D eigenvalue weighted by Crippen LogP contribution is 2.34. The quantitative estimate of drug-likeness (QED) is 0.651. The molecule has 0 radical (unpaired) electrons. The number of hydrogen-bond donors (Lipinski definition) is 0. The van der Waals surface area contributed by atoms with Crippen molar-refractivity contribution in [3.63, 3.8) is 0 Å². The lowest BCUT2D eigenvalue weighted by molar-refractivity contribution is 0.0703. The molecule has 0 aliphatic carbocycles. The van der Waals surface area contributed by atoms with Gasteiger partial charge in [-0.3, -0.25) is 4.79 Å². The molecule has 29 heavy (non-hydrogen) atoms. The Balaban J connectivity index is 1.58. The Morgan fingerprint density at radius 3 is 2.31 bits per heavy atom. The fourth-order valence-corrected chi connectivity index (χ4v) is 3.53. The topological polar surface area (TPSA) is 51.9 Å². The predicted molar refractivity (Wildman–Crippen MR) is 102 cm³/mol. The lowest BCUT2D eigenvalue weighted by Crippen LogP contribution is -2.35. The molecule has 7 heteroatoms. The van der Waals surface area contributed by atoms with Crippen LogP contribution in [0.25, 0.3) is 11.3 Å². The van der Waals surface area contributed by atoms with Crippen LogP contribution in [-0.4, -0.2) is 31.6 Å². The first kappa shape index (κ1) is 19.0. The minimum atomic E-state index is -0.744. The van der Waals surface area contributed by atoms with E-state index in [9.17, 15) is 13.6 Å². The zero-order valence-corrected chi connectivity index (χ0v) is 16.0. The van der Waals surface area contributed by atoms with Gasteiger partial charge in [0.15, 0.2) is 17.3 Å². The second-order valence-electron chi connectivity index (χ2n) is 6.71. The standard InChI is InChI=1S/C22H19F2NO4/c1-27-19-10-13-8-9-25(12-14(13)11-20(19)28-2)22(26)18-7-6-17(29-18)21-15(23)4-3-5-16(21)24/h3-7,10-11H,8-9,12H2,1-2H3. The first-order valence-corrected chi connectivity index (χ1v) is 9.09. The summed E-state index contributed by atoms with van der Waals surface area (Å²) in [6, 6.07) is 10.2. The van der Waals surface area contributed by atoms with Crippen LogP contribution >= 0.6 is 0 Å². The van der Waals surface area contributed by atoms with E-state index in [1.807, 2.05) is 12.1 Å². The third-order valence-corrected chi connectivity index (χ3v) is 5.03. The van der Waals surface area contributed by atoms with E-state index >= 15 is 0 Å². The molecule has 0 unspecified atom stereocenters. The second kappa shape index (κ2) is 7.58. The van der Waals surface area contributed by atoms with Crippen molar-refractivity contribution in [1.29, 1.82) is 0 Å². The summed E-state index contributed by atoms with van der Waals surface area (Å²) in [5.41, 5.74) is 1.75. The van der Waals surface area contributed by atoms with Crippen LogP contribution in [0.15, 0.2) is 46.9 Å². The average molecular weight is 399 g/mol. The number of hydrogen-bond acceptors (Lipinski definition) is 4. The maximum absolute atomic E-state index is 14.0. The molecule has 1 aliphatic heterocycles. The van der Waals surface area contributed by atoms with Gasteiger partial charge in [0, 0.05) is 13.1 Å². The first-order chi connectivity index (χ1) is 14.0. The molecule has 0 spiro atoms. The average Bonchev–Trinajstić information content (AvgIpc) is 3.21. The number of nitrogens with zero attached hydrogens (tertiary/aromatic N) is 1. The van der Waals surface area contributed by atoms with Gasteiger partial charge in [0.1, 0.15) is 17.4 Å². The van der Waals surface area contributed by atoms with Crippen LogP contribution < -0.4 is 9.47 Å². The van der Waals surface area contributed by atoms with E-state index in [0.29, 0.717) is 31.0 Å². The highest BCUT2D eigenvalue weighted by molar-refractivity contribution is 5.92. The van der Waals surface area contributed by atoms with Crippen LogP contribution in [0.3, 0.4) is 0 Å². The van der Waals surface area contributed by atoms with Crippen molar-refractivity contribution in [1.82, 2.24) is 4.90 Å². The molecule has 2 heterocycles. The number of methoxy groups -OCH3 is 2. The smallest absolute Gasteiger partial charge is 0.289 e. The molecule has 3 aromatic rings. The fraction of sp³-hybridized carbons (Fsp3) is 0.227. The predicted octanol–water partition coefficient (Wildman–Crippen LogP) is 4.44. The number of fused-ring (bicyclic) bond motifs is 1. The Labute approximate surface area is 166 Å². The van der Waals surface area contributed by atoms with Crippen molar-refractivity contribution in [3.8, 4) is 22.8 Å². The van der Waals surface area contributed by atoms with Crippen molar-refractivity contribution < 1.29 is 27.5 Å². The number of furan rings is 1. The highest BCUT2D eigenvalue weighted by Gasteiger charge is 2.26. The van der Waals surface area contributed by atoms with Gasteiger partial charge in [0.05, 0.1) is 19.8 Å². The summed E-state index contributed by atoms with van der Waals surface area (Å²) in [5.74, 6) is -0.574. The minimum absolute atomic E-state index is 0.0206. The van der Waals surface area contributed by atoms with Crippen molar-refractivity contribution >= 4 is 5.91 Å². The third kappa shape index (κ3) is 3.44.